The van der Waals surface area contributed by atoms with Crippen molar-refractivity contribution >= 4 is 5.91 Å². The summed E-state index contributed by atoms with van der Waals surface area (Å²) in [5.41, 5.74) is 0.00374. The molecule has 1 fully saturated rings. The van der Waals surface area contributed by atoms with E-state index >= 15 is 0 Å². The van der Waals surface area contributed by atoms with Crippen molar-refractivity contribution in [2.24, 2.45) is 5.92 Å². The van der Waals surface area contributed by atoms with E-state index in [2.05, 4.69) is 20.1 Å². The minimum Gasteiger partial charge on any atom is -0.339 e. The minimum atomic E-state index is -1.65. The van der Waals surface area contributed by atoms with Gasteiger partial charge in [-0.15, -0.1) is 0 Å². The number of nitrogens with zero attached hydrogens (tertiary/aromatic N) is 5. The average molecular weight is 403 g/mol. The summed E-state index contributed by atoms with van der Waals surface area (Å²) >= 11 is 0. The number of hydrogen-bond donors (Lipinski definition) is 0. The molecule has 0 N–H and O–H groups in total. The van der Waals surface area contributed by atoms with Crippen LogP contribution >= 0.6 is 0 Å². The Kier molecular flexibility index (Phi) is 5.24. The monoisotopic (exact) mass is 403 g/mol. The molecule has 0 radical (unpaired) electrons. The quantitative estimate of drug-likeness (QED) is 0.623. The molecule has 4 rings (SSSR count). The van der Waals surface area contributed by atoms with Gasteiger partial charge >= 0.3 is 0 Å². The van der Waals surface area contributed by atoms with Crippen molar-refractivity contribution in [1.82, 2.24) is 25.0 Å². The Labute approximate surface area is 163 Å². The lowest BCUT2D eigenvalue weighted by Crippen LogP contribution is -2.41. The van der Waals surface area contributed by atoms with Crippen molar-refractivity contribution < 1.29 is 22.5 Å². The smallest absolute Gasteiger partial charge is 0.256 e. The zero-order valence-corrected chi connectivity index (χ0v) is 15.2. The van der Waals surface area contributed by atoms with Crippen LogP contribution < -0.4 is 0 Å². The summed E-state index contributed by atoms with van der Waals surface area (Å²) in [5.74, 6) is -4.39. The van der Waals surface area contributed by atoms with Crippen LogP contribution in [0.4, 0.5) is 13.2 Å². The SMILES string of the molecule is O=C(c1ccc(F)c(F)c1F)N1CCC[C@@H](Cc2nc(-c3cnccn3)no2)C1. The van der Waals surface area contributed by atoms with Gasteiger partial charge in [0.15, 0.2) is 17.5 Å². The molecule has 7 nitrogen and oxygen atoms in total. The molecule has 29 heavy (non-hydrogen) atoms. The molecule has 150 valence electrons. The Hall–Kier alpha value is -3.30. The summed E-state index contributed by atoms with van der Waals surface area (Å²) in [6.07, 6.45) is 6.50. The lowest BCUT2D eigenvalue weighted by atomic mass is 9.94. The highest BCUT2D eigenvalue weighted by atomic mass is 19.2. The third-order valence-corrected chi connectivity index (χ3v) is 4.80. The third kappa shape index (κ3) is 3.96. The second-order valence-corrected chi connectivity index (χ2v) is 6.79. The van der Waals surface area contributed by atoms with Gasteiger partial charge in [-0.1, -0.05) is 5.16 Å². The Morgan fingerprint density at radius 2 is 2.07 bits per heavy atom. The first-order valence-corrected chi connectivity index (χ1v) is 9.04. The molecular formula is C19H16F3N5O2. The first kappa shape index (κ1) is 19.0. The van der Waals surface area contributed by atoms with E-state index in [-0.39, 0.29) is 5.92 Å². The molecule has 3 aromatic rings. The van der Waals surface area contributed by atoms with Crippen molar-refractivity contribution in [2.45, 2.75) is 19.3 Å². The van der Waals surface area contributed by atoms with Crippen molar-refractivity contribution in [3.05, 3.63) is 59.6 Å². The molecule has 0 spiro atoms. The molecule has 0 aliphatic carbocycles. The summed E-state index contributed by atoms with van der Waals surface area (Å²) in [4.78, 5) is 26.4. The highest BCUT2D eigenvalue weighted by Crippen LogP contribution is 2.24. The first-order valence-electron chi connectivity index (χ1n) is 9.04. The van der Waals surface area contributed by atoms with Crippen LogP contribution in [0, 0.1) is 23.4 Å². The van der Waals surface area contributed by atoms with Crippen LogP contribution in [0.5, 0.6) is 0 Å². The number of aromatic nitrogens is 4. The summed E-state index contributed by atoms with van der Waals surface area (Å²) in [6, 6.07) is 1.71. The molecule has 1 aliphatic rings. The van der Waals surface area contributed by atoms with Gasteiger partial charge in [-0.25, -0.2) is 18.2 Å². The van der Waals surface area contributed by atoms with Gasteiger partial charge in [-0.3, -0.25) is 9.78 Å². The van der Waals surface area contributed by atoms with Crippen molar-refractivity contribution in [2.75, 3.05) is 13.1 Å². The van der Waals surface area contributed by atoms with Gasteiger partial charge in [-0.2, -0.15) is 4.98 Å². The van der Waals surface area contributed by atoms with Gasteiger partial charge in [0.05, 0.1) is 11.8 Å². The number of hydrogen-bond acceptors (Lipinski definition) is 6. The highest BCUT2D eigenvalue weighted by Gasteiger charge is 2.29. The number of likely N-dealkylation sites (tertiary alicyclic amines) is 1. The Bertz CT molecular complexity index is 1030. The van der Waals surface area contributed by atoms with E-state index in [0.717, 1.165) is 18.6 Å². The van der Waals surface area contributed by atoms with E-state index in [9.17, 15) is 18.0 Å². The molecule has 1 aliphatic heterocycles. The van der Waals surface area contributed by atoms with E-state index in [0.29, 0.717) is 43.3 Å². The largest absolute Gasteiger partial charge is 0.339 e. The fraction of sp³-hybridized carbons (Fsp3) is 0.316. The van der Waals surface area contributed by atoms with Crippen molar-refractivity contribution in [1.29, 1.82) is 0 Å². The first-order chi connectivity index (χ1) is 14.0. The Balaban J connectivity index is 1.44. The van der Waals surface area contributed by atoms with E-state index in [1.165, 1.54) is 23.5 Å². The molecule has 2 aromatic heterocycles. The molecule has 1 atom stereocenters. The van der Waals surface area contributed by atoms with Crippen molar-refractivity contribution in [3.63, 3.8) is 0 Å². The van der Waals surface area contributed by atoms with Crippen LogP contribution in [-0.2, 0) is 6.42 Å². The molecule has 10 heteroatoms. The van der Waals surface area contributed by atoms with Crippen LogP contribution in [0.15, 0.2) is 35.2 Å². The number of amides is 1. The summed E-state index contributed by atoms with van der Waals surface area (Å²) in [7, 11) is 0. The molecule has 1 amide bonds. The fourth-order valence-electron chi connectivity index (χ4n) is 3.38. The van der Waals surface area contributed by atoms with Crippen molar-refractivity contribution in [3.8, 4) is 11.5 Å². The summed E-state index contributed by atoms with van der Waals surface area (Å²) < 4.78 is 45.8. The predicted octanol–water partition coefficient (Wildman–Crippen LogP) is 3.04. The maximum Gasteiger partial charge on any atom is 0.256 e. The molecule has 1 aromatic carbocycles. The van der Waals surface area contributed by atoms with Gasteiger partial charge < -0.3 is 9.42 Å². The molecule has 0 bridgehead atoms. The van der Waals surface area contributed by atoms with Crippen LogP contribution in [0.3, 0.4) is 0 Å². The number of carbonyl (C=O) groups excluding carboxylic acids is 1. The number of piperidine rings is 1. The molecule has 1 saturated heterocycles. The number of rotatable bonds is 4. The molecule has 3 heterocycles. The lowest BCUT2D eigenvalue weighted by molar-refractivity contribution is 0.0662. The number of benzene rings is 1. The standard InChI is InChI=1S/C19H16F3N5O2/c20-13-4-3-12(16(21)17(13)22)19(28)27-7-1-2-11(10-27)8-15-25-18(26-29-15)14-9-23-5-6-24-14/h3-6,9,11H,1-2,7-8,10H2/t11-/m0/s1. The van der Waals surface area contributed by atoms with Gasteiger partial charge in [0.25, 0.3) is 5.91 Å². The average Bonchev–Trinajstić information content (AvgIpc) is 3.21. The topological polar surface area (TPSA) is 85.0 Å². The van der Waals surface area contributed by atoms with Crippen LogP contribution in [0.25, 0.3) is 11.5 Å². The predicted molar refractivity (Wildman–Crippen MR) is 94.0 cm³/mol. The minimum absolute atomic E-state index is 0.0104. The van der Waals surface area contributed by atoms with Crippen LogP contribution in [-0.4, -0.2) is 44.0 Å². The third-order valence-electron chi connectivity index (χ3n) is 4.80. The molecular weight excluding hydrogens is 387 g/mol. The molecule has 0 unspecified atom stereocenters. The maximum absolute atomic E-state index is 14.0. The van der Waals surface area contributed by atoms with Gasteiger partial charge in [-0.05, 0) is 30.9 Å². The normalized spacial score (nSPS) is 16.8. The highest BCUT2D eigenvalue weighted by molar-refractivity contribution is 5.94. The fourth-order valence-corrected chi connectivity index (χ4v) is 3.38. The van der Waals surface area contributed by atoms with E-state index < -0.39 is 28.9 Å². The summed E-state index contributed by atoms with van der Waals surface area (Å²) in [6.45, 7) is 0.725. The van der Waals surface area contributed by atoms with Gasteiger partial charge in [0, 0.05) is 31.9 Å². The van der Waals surface area contributed by atoms with Crippen LogP contribution in [0.2, 0.25) is 0 Å². The van der Waals surface area contributed by atoms with Gasteiger partial charge in [0.2, 0.25) is 11.7 Å². The van der Waals surface area contributed by atoms with Gasteiger partial charge in [0.1, 0.15) is 5.69 Å². The van der Waals surface area contributed by atoms with E-state index in [1.807, 2.05) is 0 Å². The lowest BCUT2D eigenvalue weighted by Gasteiger charge is -2.32. The molecule has 0 saturated carbocycles. The number of carbonyl (C=O) groups is 1. The Morgan fingerprint density at radius 1 is 1.21 bits per heavy atom. The van der Waals surface area contributed by atoms with E-state index in [1.54, 1.807) is 0 Å². The second kappa shape index (κ2) is 7.98. The second-order valence-electron chi connectivity index (χ2n) is 6.79. The zero-order valence-electron chi connectivity index (χ0n) is 15.2. The summed E-state index contributed by atoms with van der Waals surface area (Å²) in [5, 5.41) is 3.89. The Morgan fingerprint density at radius 3 is 2.86 bits per heavy atom. The maximum atomic E-state index is 14.0. The van der Waals surface area contributed by atoms with Crippen LogP contribution in [0.1, 0.15) is 29.1 Å². The number of halogens is 3. The zero-order chi connectivity index (χ0) is 20.4. The van der Waals surface area contributed by atoms with E-state index in [4.69, 9.17) is 4.52 Å².